The molecule has 0 saturated carbocycles. The van der Waals surface area contributed by atoms with E-state index < -0.39 is 0 Å². The van der Waals surface area contributed by atoms with Gasteiger partial charge in [-0.25, -0.2) is 4.79 Å². The molecule has 0 saturated heterocycles. The minimum atomic E-state index is -0.365. The number of hydrogen-bond acceptors (Lipinski definition) is 3. The molecular weight excluding hydrogens is 252 g/mol. The lowest BCUT2D eigenvalue weighted by Gasteiger charge is -2.06. The standard InChI is InChI=1S/C17H18O3/c1-3-4-13-5-9-16(10-6-13)20-17(18)14-7-11-15(19-2)12-8-14/h5-12H,3-4H2,1-2H3. The maximum Gasteiger partial charge on any atom is 0.343 e. The summed E-state index contributed by atoms with van der Waals surface area (Å²) in [6.07, 6.45) is 2.14. The van der Waals surface area contributed by atoms with E-state index in [1.165, 1.54) is 5.56 Å². The Morgan fingerprint density at radius 2 is 1.55 bits per heavy atom. The first kappa shape index (κ1) is 14.1. The topological polar surface area (TPSA) is 35.5 Å². The van der Waals surface area contributed by atoms with Crippen LogP contribution in [-0.4, -0.2) is 13.1 Å². The minimum absolute atomic E-state index is 0.365. The van der Waals surface area contributed by atoms with Crippen LogP contribution in [0.5, 0.6) is 11.5 Å². The fraction of sp³-hybridized carbons (Fsp3) is 0.235. The number of carbonyl (C=O) groups excluding carboxylic acids is 1. The van der Waals surface area contributed by atoms with Gasteiger partial charge < -0.3 is 9.47 Å². The number of methoxy groups -OCH3 is 1. The van der Waals surface area contributed by atoms with Gasteiger partial charge in [0.05, 0.1) is 12.7 Å². The molecular formula is C17H18O3. The Morgan fingerprint density at radius 1 is 0.950 bits per heavy atom. The van der Waals surface area contributed by atoms with Gasteiger partial charge in [0.1, 0.15) is 11.5 Å². The van der Waals surface area contributed by atoms with Crippen molar-refractivity contribution in [2.24, 2.45) is 0 Å². The van der Waals surface area contributed by atoms with Crippen molar-refractivity contribution in [1.29, 1.82) is 0 Å². The zero-order valence-electron chi connectivity index (χ0n) is 11.8. The van der Waals surface area contributed by atoms with E-state index in [1.807, 2.05) is 24.3 Å². The second kappa shape index (κ2) is 6.75. The van der Waals surface area contributed by atoms with E-state index in [0.29, 0.717) is 17.1 Å². The highest BCUT2D eigenvalue weighted by Crippen LogP contribution is 2.17. The lowest BCUT2D eigenvalue weighted by atomic mass is 10.1. The molecule has 0 aromatic heterocycles. The fourth-order valence-electron chi connectivity index (χ4n) is 1.91. The second-order valence-electron chi connectivity index (χ2n) is 4.51. The molecule has 0 N–H and O–H groups in total. The van der Waals surface area contributed by atoms with Crippen LogP contribution >= 0.6 is 0 Å². The van der Waals surface area contributed by atoms with Gasteiger partial charge in [0.2, 0.25) is 0 Å². The molecule has 0 radical (unpaired) electrons. The van der Waals surface area contributed by atoms with Gasteiger partial charge in [-0.05, 0) is 48.4 Å². The highest BCUT2D eigenvalue weighted by Gasteiger charge is 2.08. The highest BCUT2D eigenvalue weighted by molar-refractivity contribution is 5.91. The van der Waals surface area contributed by atoms with Gasteiger partial charge in [-0.15, -0.1) is 0 Å². The fourth-order valence-corrected chi connectivity index (χ4v) is 1.91. The average molecular weight is 270 g/mol. The summed E-state index contributed by atoms with van der Waals surface area (Å²) in [4.78, 5) is 12.0. The van der Waals surface area contributed by atoms with E-state index in [2.05, 4.69) is 6.92 Å². The molecule has 0 bridgehead atoms. The Labute approximate surface area is 119 Å². The number of aryl methyl sites for hydroxylation is 1. The van der Waals surface area contributed by atoms with Crippen molar-refractivity contribution in [1.82, 2.24) is 0 Å². The first-order valence-corrected chi connectivity index (χ1v) is 6.68. The Hall–Kier alpha value is -2.29. The zero-order valence-corrected chi connectivity index (χ0v) is 11.8. The summed E-state index contributed by atoms with van der Waals surface area (Å²) >= 11 is 0. The van der Waals surface area contributed by atoms with Crippen LogP contribution in [0.25, 0.3) is 0 Å². The third-order valence-electron chi connectivity index (χ3n) is 3.00. The molecule has 2 aromatic rings. The predicted octanol–water partition coefficient (Wildman–Crippen LogP) is 3.87. The molecule has 3 nitrogen and oxygen atoms in total. The molecule has 0 fully saturated rings. The number of carbonyl (C=O) groups is 1. The average Bonchev–Trinajstić information content (AvgIpc) is 2.49. The molecule has 3 heteroatoms. The number of rotatable bonds is 5. The molecule has 0 amide bonds. The van der Waals surface area contributed by atoms with Crippen LogP contribution in [0, 0.1) is 0 Å². The van der Waals surface area contributed by atoms with E-state index in [1.54, 1.807) is 31.4 Å². The summed E-state index contributed by atoms with van der Waals surface area (Å²) in [6, 6.07) is 14.5. The molecule has 2 rings (SSSR count). The smallest absolute Gasteiger partial charge is 0.343 e. The Morgan fingerprint density at radius 3 is 2.10 bits per heavy atom. The quantitative estimate of drug-likeness (QED) is 0.611. The number of ether oxygens (including phenoxy) is 2. The highest BCUT2D eigenvalue weighted by atomic mass is 16.5. The van der Waals surface area contributed by atoms with Crippen LogP contribution in [0.2, 0.25) is 0 Å². The molecule has 20 heavy (non-hydrogen) atoms. The molecule has 0 heterocycles. The van der Waals surface area contributed by atoms with Crippen LogP contribution in [0.1, 0.15) is 29.3 Å². The Kier molecular flexibility index (Phi) is 4.77. The number of benzene rings is 2. The molecule has 0 spiro atoms. The molecule has 0 aliphatic heterocycles. The van der Waals surface area contributed by atoms with E-state index in [9.17, 15) is 4.79 Å². The normalized spacial score (nSPS) is 10.1. The van der Waals surface area contributed by atoms with Crippen LogP contribution in [-0.2, 0) is 6.42 Å². The van der Waals surface area contributed by atoms with E-state index in [-0.39, 0.29) is 5.97 Å². The number of esters is 1. The summed E-state index contributed by atoms with van der Waals surface area (Å²) in [6.45, 7) is 2.14. The van der Waals surface area contributed by atoms with Crippen molar-refractivity contribution in [3.63, 3.8) is 0 Å². The summed E-state index contributed by atoms with van der Waals surface area (Å²) in [5.41, 5.74) is 1.75. The molecule has 0 atom stereocenters. The number of hydrogen-bond donors (Lipinski definition) is 0. The third kappa shape index (κ3) is 3.60. The lowest BCUT2D eigenvalue weighted by molar-refractivity contribution is 0.0734. The largest absolute Gasteiger partial charge is 0.497 e. The van der Waals surface area contributed by atoms with Crippen LogP contribution in [0.15, 0.2) is 48.5 Å². The van der Waals surface area contributed by atoms with Gasteiger partial charge in [-0.2, -0.15) is 0 Å². The van der Waals surface area contributed by atoms with Crippen molar-refractivity contribution in [2.75, 3.05) is 7.11 Å². The van der Waals surface area contributed by atoms with Gasteiger partial charge in [0.15, 0.2) is 0 Å². The SMILES string of the molecule is CCCc1ccc(OC(=O)c2ccc(OC)cc2)cc1. The molecule has 104 valence electrons. The van der Waals surface area contributed by atoms with Gasteiger partial charge in [0, 0.05) is 0 Å². The van der Waals surface area contributed by atoms with Gasteiger partial charge in [0.25, 0.3) is 0 Å². The summed E-state index contributed by atoms with van der Waals surface area (Å²) in [7, 11) is 1.59. The predicted molar refractivity (Wildman–Crippen MR) is 78.4 cm³/mol. The first-order valence-electron chi connectivity index (χ1n) is 6.68. The first-order chi connectivity index (χ1) is 9.72. The van der Waals surface area contributed by atoms with Crippen molar-refractivity contribution >= 4 is 5.97 Å². The molecule has 0 aliphatic carbocycles. The zero-order chi connectivity index (χ0) is 14.4. The van der Waals surface area contributed by atoms with Crippen molar-refractivity contribution < 1.29 is 14.3 Å². The molecule has 2 aromatic carbocycles. The lowest BCUT2D eigenvalue weighted by Crippen LogP contribution is -2.08. The minimum Gasteiger partial charge on any atom is -0.497 e. The molecule has 0 aliphatic rings. The van der Waals surface area contributed by atoms with E-state index >= 15 is 0 Å². The Balaban J connectivity index is 2.02. The summed E-state index contributed by atoms with van der Waals surface area (Å²) < 4.78 is 10.4. The van der Waals surface area contributed by atoms with E-state index in [0.717, 1.165) is 12.8 Å². The van der Waals surface area contributed by atoms with Crippen LogP contribution in [0.4, 0.5) is 0 Å². The van der Waals surface area contributed by atoms with E-state index in [4.69, 9.17) is 9.47 Å². The van der Waals surface area contributed by atoms with Crippen LogP contribution < -0.4 is 9.47 Å². The van der Waals surface area contributed by atoms with Gasteiger partial charge in [-0.3, -0.25) is 0 Å². The van der Waals surface area contributed by atoms with Crippen molar-refractivity contribution in [3.05, 3.63) is 59.7 Å². The maximum atomic E-state index is 12.0. The molecule has 0 unspecified atom stereocenters. The van der Waals surface area contributed by atoms with Gasteiger partial charge >= 0.3 is 5.97 Å². The maximum absolute atomic E-state index is 12.0. The third-order valence-corrected chi connectivity index (χ3v) is 3.00. The van der Waals surface area contributed by atoms with Crippen LogP contribution in [0.3, 0.4) is 0 Å². The second-order valence-corrected chi connectivity index (χ2v) is 4.51. The van der Waals surface area contributed by atoms with Gasteiger partial charge in [-0.1, -0.05) is 25.5 Å². The summed E-state index contributed by atoms with van der Waals surface area (Å²) in [5.74, 6) is 0.909. The summed E-state index contributed by atoms with van der Waals surface area (Å²) in [5, 5.41) is 0. The van der Waals surface area contributed by atoms with Crippen molar-refractivity contribution in [3.8, 4) is 11.5 Å². The monoisotopic (exact) mass is 270 g/mol. The van der Waals surface area contributed by atoms with Crippen molar-refractivity contribution in [2.45, 2.75) is 19.8 Å². The Bertz CT molecular complexity index is 556.